The molecule has 0 aromatic heterocycles. The van der Waals surface area contributed by atoms with Crippen LogP contribution in [0.2, 0.25) is 0 Å². The summed E-state index contributed by atoms with van der Waals surface area (Å²) in [5, 5.41) is 8.83. The van der Waals surface area contributed by atoms with E-state index in [1.807, 2.05) is 0 Å². The number of hydrogen-bond donors (Lipinski definition) is 0. The van der Waals surface area contributed by atoms with E-state index in [1.54, 1.807) is 0 Å². The average Bonchev–Trinajstić information content (AvgIpc) is 2.08. The summed E-state index contributed by atoms with van der Waals surface area (Å²) in [5.74, 6) is 1.46. The summed E-state index contributed by atoms with van der Waals surface area (Å²) >= 11 is 0. The van der Waals surface area contributed by atoms with Gasteiger partial charge in [-0.05, 0) is 35.5 Å². The van der Waals surface area contributed by atoms with E-state index >= 15 is 0 Å². The van der Waals surface area contributed by atoms with E-state index in [0.29, 0.717) is 0 Å². The van der Waals surface area contributed by atoms with Gasteiger partial charge in [0.25, 0.3) is 0 Å². The van der Waals surface area contributed by atoms with E-state index in [2.05, 4.69) is 65.6 Å². The van der Waals surface area contributed by atoms with Crippen LogP contribution < -0.4 is 0 Å². The molecule has 0 aliphatic rings. The minimum atomic E-state index is 0.278. The lowest BCUT2D eigenvalue weighted by Gasteiger charge is -2.25. The number of azo groups is 1. The molecule has 0 heterocycles. The molecule has 0 spiro atoms. The van der Waals surface area contributed by atoms with Crippen LogP contribution in [0.15, 0.2) is 10.2 Å². The van der Waals surface area contributed by atoms with E-state index in [0.717, 1.165) is 24.9 Å². The highest BCUT2D eigenvalue weighted by Gasteiger charge is 2.21. The van der Waals surface area contributed by atoms with Crippen molar-refractivity contribution < 1.29 is 0 Å². The molecule has 0 saturated carbocycles. The van der Waals surface area contributed by atoms with Gasteiger partial charge in [0.1, 0.15) is 0 Å². The zero-order valence-electron chi connectivity index (χ0n) is 13.9. The Morgan fingerprint density at radius 2 is 0.944 bits per heavy atom. The lowest BCUT2D eigenvalue weighted by molar-refractivity contribution is 0.277. The number of nitrogens with zero attached hydrogens (tertiary/aromatic N) is 2. The molecule has 0 atom stereocenters. The van der Waals surface area contributed by atoms with Crippen molar-refractivity contribution in [2.75, 3.05) is 13.1 Å². The summed E-state index contributed by atoms with van der Waals surface area (Å²) in [7, 11) is 0. The molecule has 0 aromatic rings. The fourth-order valence-electron chi connectivity index (χ4n) is 2.82. The molecule has 0 rings (SSSR count). The average molecular weight is 254 g/mol. The molecular weight excluding hydrogens is 220 g/mol. The fraction of sp³-hybridized carbons (Fsp3) is 1.00. The SMILES string of the molecule is CC(C)CC(C)(C)CN=NCC(C)(C)CC(C)C. The molecule has 0 unspecified atom stereocenters. The highest BCUT2D eigenvalue weighted by molar-refractivity contribution is 4.74. The van der Waals surface area contributed by atoms with Crippen LogP contribution in [0, 0.1) is 22.7 Å². The molecule has 0 bridgehead atoms. The van der Waals surface area contributed by atoms with Gasteiger partial charge in [-0.2, -0.15) is 10.2 Å². The highest BCUT2D eigenvalue weighted by Crippen LogP contribution is 2.27. The summed E-state index contributed by atoms with van der Waals surface area (Å²) in [4.78, 5) is 0. The molecule has 108 valence electrons. The van der Waals surface area contributed by atoms with E-state index in [4.69, 9.17) is 0 Å². The lowest BCUT2D eigenvalue weighted by Crippen LogP contribution is -2.20. The van der Waals surface area contributed by atoms with E-state index in [9.17, 15) is 0 Å². The van der Waals surface area contributed by atoms with Gasteiger partial charge in [0.05, 0.1) is 13.1 Å². The van der Waals surface area contributed by atoms with Crippen molar-refractivity contribution in [2.24, 2.45) is 32.9 Å². The maximum absolute atomic E-state index is 4.41. The van der Waals surface area contributed by atoms with Gasteiger partial charge in [-0.3, -0.25) is 0 Å². The number of rotatable bonds is 8. The molecule has 0 fully saturated rings. The first-order valence-corrected chi connectivity index (χ1v) is 7.37. The Morgan fingerprint density at radius 3 is 1.17 bits per heavy atom. The van der Waals surface area contributed by atoms with Gasteiger partial charge in [0.15, 0.2) is 0 Å². The van der Waals surface area contributed by atoms with Crippen molar-refractivity contribution in [1.82, 2.24) is 0 Å². The summed E-state index contributed by atoms with van der Waals surface area (Å²) in [6.45, 7) is 19.9. The number of hydrogen-bond acceptors (Lipinski definition) is 2. The van der Waals surface area contributed by atoms with Crippen LogP contribution in [0.5, 0.6) is 0 Å². The molecule has 0 radical (unpaired) electrons. The Kier molecular flexibility index (Phi) is 7.09. The third-order valence-electron chi connectivity index (χ3n) is 3.02. The monoisotopic (exact) mass is 254 g/mol. The topological polar surface area (TPSA) is 24.7 Å². The Morgan fingerprint density at radius 1 is 0.667 bits per heavy atom. The first-order chi connectivity index (χ1) is 8.04. The van der Waals surface area contributed by atoms with Gasteiger partial charge in [0, 0.05) is 0 Å². The molecule has 2 heteroatoms. The third-order valence-corrected chi connectivity index (χ3v) is 3.02. The largest absolute Gasteiger partial charge is 0.194 e. The van der Waals surface area contributed by atoms with Crippen LogP contribution in [0.3, 0.4) is 0 Å². The molecular formula is C16H34N2. The zero-order valence-corrected chi connectivity index (χ0v) is 13.9. The normalized spacial score (nSPS) is 14.1. The van der Waals surface area contributed by atoms with Gasteiger partial charge in [-0.15, -0.1) is 0 Å². The minimum absolute atomic E-state index is 0.278. The molecule has 0 saturated heterocycles. The zero-order chi connectivity index (χ0) is 14.4. The van der Waals surface area contributed by atoms with Crippen molar-refractivity contribution in [2.45, 2.75) is 68.2 Å². The van der Waals surface area contributed by atoms with Crippen LogP contribution in [0.4, 0.5) is 0 Å². The predicted molar refractivity (Wildman–Crippen MR) is 81.1 cm³/mol. The summed E-state index contributed by atoms with van der Waals surface area (Å²) in [6.07, 6.45) is 2.42. The maximum Gasteiger partial charge on any atom is 0.0650 e. The summed E-state index contributed by atoms with van der Waals surface area (Å²) < 4.78 is 0. The van der Waals surface area contributed by atoms with Crippen molar-refractivity contribution in [1.29, 1.82) is 0 Å². The molecule has 0 aromatic carbocycles. The van der Waals surface area contributed by atoms with Crippen LogP contribution in [-0.2, 0) is 0 Å². The molecule has 0 aliphatic carbocycles. The van der Waals surface area contributed by atoms with Crippen molar-refractivity contribution in [3.63, 3.8) is 0 Å². The van der Waals surface area contributed by atoms with Gasteiger partial charge < -0.3 is 0 Å². The summed E-state index contributed by atoms with van der Waals surface area (Å²) in [6, 6.07) is 0. The van der Waals surface area contributed by atoms with E-state index in [-0.39, 0.29) is 10.8 Å². The lowest BCUT2D eigenvalue weighted by atomic mass is 9.84. The Hall–Kier alpha value is -0.400. The molecule has 18 heavy (non-hydrogen) atoms. The van der Waals surface area contributed by atoms with Crippen molar-refractivity contribution in [3.05, 3.63) is 0 Å². The maximum atomic E-state index is 4.41. The standard InChI is InChI=1S/C16H34N2/c1-13(2)9-15(5,6)11-17-18-12-16(7,8)10-14(3)4/h13-14H,9-12H2,1-8H3. The van der Waals surface area contributed by atoms with Crippen molar-refractivity contribution in [3.8, 4) is 0 Å². The minimum Gasteiger partial charge on any atom is -0.194 e. The Bertz CT molecular complexity index is 224. The van der Waals surface area contributed by atoms with Gasteiger partial charge in [-0.25, -0.2) is 0 Å². The second kappa shape index (κ2) is 7.25. The molecule has 2 nitrogen and oxygen atoms in total. The smallest absolute Gasteiger partial charge is 0.0650 e. The van der Waals surface area contributed by atoms with Gasteiger partial charge in [-0.1, -0.05) is 55.4 Å². The quantitative estimate of drug-likeness (QED) is 0.505. The Labute approximate surface area is 115 Å². The third kappa shape index (κ3) is 9.61. The first kappa shape index (κ1) is 17.6. The second-order valence-corrected chi connectivity index (χ2v) is 8.12. The van der Waals surface area contributed by atoms with Gasteiger partial charge >= 0.3 is 0 Å². The first-order valence-electron chi connectivity index (χ1n) is 7.37. The van der Waals surface area contributed by atoms with Crippen LogP contribution in [0.25, 0.3) is 0 Å². The van der Waals surface area contributed by atoms with Crippen LogP contribution in [-0.4, -0.2) is 13.1 Å². The van der Waals surface area contributed by atoms with E-state index < -0.39 is 0 Å². The van der Waals surface area contributed by atoms with Crippen LogP contribution in [0.1, 0.15) is 68.2 Å². The van der Waals surface area contributed by atoms with Gasteiger partial charge in [0.2, 0.25) is 0 Å². The molecule has 0 amide bonds. The highest BCUT2D eigenvalue weighted by atomic mass is 15.1. The summed E-state index contributed by atoms with van der Waals surface area (Å²) in [5.41, 5.74) is 0.555. The molecule has 0 N–H and O–H groups in total. The van der Waals surface area contributed by atoms with E-state index in [1.165, 1.54) is 12.8 Å². The fourth-order valence-corrected chi connectivity index (χ4v) is 2.82. The molecule has 0 aliphatic heterocycles. The van der Waals surface area contributed by atoms with Crippen molar-refractivity contribution >= 4 is 0 Å². The predicted octanol–water partition coefficient (Wildman–Crippen LogP) is 5.58. The Balaban J connectivity index is 4.10. The second-order valence-electron chi connectivity index (χ2n) is 8.12. The van der Waals surface area contributed by atoms with Crippen LogP contribution >= 0.6 is 0 Å².